The van der Waals surface area contributed by atoms with Gasteiger partial charge in [-0.3, -0.25) is 24.0 Å². The van der Waals surface area contributed by atoms with Gasteiger partial charge in [-0.25, -0.2) is 0 Å². The molecule has 3 amide bonds. The normalized spacial score (nSPS) is 21.5. The molecular weight excluding hydrogens is 644 g/mol. The molecule has 1 saturated carbocycles. The van der Waals surface area contributed by atoms with Crippen LogP contribution in [0.5, 0.6) is 0 Å². The number of nitrogens with zero attached hydrogens (tertiary/aromatic N) is 2. The van der Waals surface area contributed by atoms with Crippen LogP contribution < -0.4 is 10.6 Å². The number of aryl methyl sites for hydroxylation is 1. The molecule has 1 saturated heterocycles. The maximum absolute atomic E-state index is 14.6. The van der Waals surface area contributed by atoms with Gasteiger partial charge in [0, 0.05) is 48.2 Å². The second kappa shape index (κ2) is 14.8. The Morgan fingerprint density at radius 3 is 2.47 bits per heavy atom. The van der Waals surface area contributed by atoms with E-state index in [0.717, 1.165) is 29.5 Å². The minimum Gasteiger partial charge on any atom is -0.387 e. The largest absolute Gasteiger partial charge is 0.387 e. The van der Waals surface area contributed by atoms with E-state index >= 15 is 0 Å². The molecule has 262 valence electrons. The molecule has 1 aliphatic carbocycles. The summed E-state index contributed by atoms with van der Waals surface area (Å²) in [6.45, 7) is 9.63. The smallest absolute Gasteiger partial charge is 0.289 e. The number of halogens is 1. The first kappa shape index (κ1) is 36.2. The van der Waals surface area contributed by atoms with Crippen molar-refractivity contribution in [3.05, 3.63) is 70.2 Å². The predicted octanol–water partition coefficient (Wildman–Crippen LogP) is 5.11. The highest BCUT2D eigenvalue weighted by Crippen LogP contribution is 2.42. The third-order valence-corrected chi connectivity index (χ3v) is 9.99. The summed E-state index contributed by atoms with van der Waals surface area (Å²) >= 11 is 6.25. The fourth-order valence-corrected chi connectivity index (χ4v) is 6.89. The summed E-state index contributed by atoms with van der Waals surface area (Å²) in [5.41, 5.74) is 1.72. The summed E-state index contributed by atoms with van der Waals surface area (Å²) in [6, 6.07) is 12.9. The van der Waals surface area contributed by atoms with Crippen LogP contribution in [0.4, 0.5) is 0 Å². The lowest BCUT2D eigenvalue weighted by atomic mass is 9.76. The van der Waals surface area contributed by atoms with Gasteiger partial charge in [0.1, 0.15) is 11.8 Å². The van der Waals surface area contributed by atoms with Crippen LogP contribution in [0.2, 0.25) is 5.02 Å². The quantitative estimate of drug-likeness (QED) is 0.281. The first-order valence-electron chi connectivity index (χ1n) is 17.2. The molecule has 0 bridgehead atoms. The van der Waals surface area contributed by atoms with E-state index in [0.29, 0.717) is 23.6 Å². The molecule has 2 heterocycles. The van der Waals surface area contributed by atoms with Crippen molar-refractivity contribution in [2.24, 2.45) is 16.5 Å². The zero-order chi connectivity index (χ0) is 35.5. The van der Waals surface area contributed by atoms with Crippen LogP contribution in [-0.2, 0) is 35.2 Å². The first-order chi connectivity index (χ1) is 23.2. The molecule has 2 aromatic rings. The van der Waals surface area contributed by atoms with Crippen molar-refractivity contribution in [3.8, 4) is 0 Å². The molecule has 0 radical (unpaired) electrons. The minimum absolute atomic E-state index is 0.00207. The van der Waals surface area contributed by atoms with E-state index in [9.17, 15) is 24.0 Å². The number of Topliss-reactive ketones (excluding diaryl/α,β-unsaturated/α-hetero) is 2. The summed E-state index contributed by atoms with van der Waals surface area (Å²) in [5.74, 6) is -3.11. The Bertz CT molecular complexity index is 1650. The van der Waals surface area contributed by atoms with Crippen LogP contribution in [0, 0.1) is 18.3 Å². The van der Waals surface area contributed by atoms with Crippen molar-refractivity contribution in [2.45, 2.75) is 110 Å². The van der Waals surface area contributed by atoms with E-state index in [1.807, 2.05) is 71.0 Å². The molecule has 5 rings (SSSR count). The Labute approximate surface area is 293 Å². The SMILES string of the molecule is CCC[C@H](NC(=O)C1C[C@]2(CC(c3cccc(Cl)c3)=NO2)CN1C(=O)[C@@H](CC(=O)Cc1ccccc1C)C(C)(C)C)C(=O)C(=O)NC1CC1. The van der Waals surface area contributed by atoms with Gasteiger partial charge in [0.25, 0.3) is 5.91 Å². The van der Waals surface area contributed by atoms with E-state index in [-0.39, 0.29) is 50.0 Å². The number of carbonyl (C=O) groups excluding carboxylic acids is 5. The zero-order valence-corrected chi connectivity index (χ0v) is 29.8. The van der Waals surface area contributed by atoms with Crippen molar-refractivity contribution in [2.75, 3.05) is 6.54 Å². The van der Waals surface area contributed by atoms with E-state index < -0.39 is 46.6 Å². The van der Waals surface area contributed by atoms with Crippen LogP contribution in [0.3, 0.4) is 0 Å². The second-order valence-corrected chi connectivity index (χ2v) is 15.3. The predicted molar refractivity (Wildman–Crippen MR) is 187 cm³/mol. The molecule has 10 nitrogen and oxygen atoms in total. The molecule has 2 N–H and O–H groups in total. The lowest BCUT2D eigenvalue weighted by Crippen LogP contribution is -2.54. The summed E-state index contributed by atoms with van der Waals surface area (Å²) < 4.78 is 0. The zero-order valence-electron chi connectivity index (χ0n) is 29.0. The number of likely N-dealkylation sites (tertiary alicyclic amines) is 1. The van der Waals surface area contributed by atoms with Gasteiger partial charge >= 0.3 is 0 Å². The molecule has 2 aromatic carbocycles. The van der Waals surface area contributed by atoms with Gasteiger partial charge in [0.15, 0.2) is 5.60 Å². The van der Waals surface area contributed by atoms with Crippen LogP contribution in [-0.4, -0.2) is 70.2 Å². The number of oxime groups is 1. The Balaban J connectivity index is 1.40. The molecule has 3 aliphatic rings. The summed E-state index contributed by atoms with van der Waals surface area (Å²) in [4.78, 5) is 75.7. The van der Waals surface area contributed by atoms with E-state index in [1.54, 1.807) is 12.1 Å². The minimum atomic E-state index is -1.04. The molecule has 1 spiro atoms. The van der Waals surface area contributed by atoms with Crippen LogP contribution >= 0.6 is 11.6 Å². The van der Waals surface area contributed by atoms with Gasteiger partial charge in [-0.2, -0.15) is 0 Å². The van der Waals surface area contributed by atoms with Crippen molar-refractivity contribution < 1.29 is 28.8 Å². The second-order valence-electron chi connectivity index (χ2n) is 14.9. The molecule has 11 heteroatoms. The summed E-state index contributed by atoms with van der Waals surface area (Å²) in [7, 11) is 0. The van der Waals surface area contributed by atoms with Crippen molar-refractivity contribution in [1.29, 1.82) is 0 Å². The molecular formula is C38H47ClN4O6. The van der Waals surface area contributed by atoms with Gasteiger partial charge in [-0.1, -0.05) is 87.3 Å². The number of benzene rings is 2. The van der Waals surface area contributed by atoms with Gasteiger partial charge in [-0.05, 0) is 54.9 Å². The highest BCUT2D eigenvalue weighted by molar-refractivity contribution is 6.38. The van der Waals surface area contributed by atoms with Gasteiger partial charge < -0.3 is 20.4 Å². The van der Waals surface area contributed by atoms with Gasteiger partial charge in [0.2, 0.25) is 17.6 Å². The highest BCUT2D eigenvalue weighted by Gasteiger charge is 2.55. The van der Waals surface area contributed by atoms with E-state index in [2.05, 4.69) is 15.8 Å². The maximum atomic E-state index is 14.6. The van der Waals surface area contributed by atoms with Crippen molar-refractivity contribution in [3.63, 3.8) is 0 Å². The summed E-state index contributed by atoms with van der Waals surface area (Å²) in [5, 5.41) is 10.4. The average molecular weight is 691 g/mol. The highest BCUT2D eigenvalue weighted by atomic mass is 35.5. The van der Waals surface area contributed by atoms with E-state index in [4.69, 9.17) is 16.4 Å². The van der Waals surface area contributed by atoms with Crippen LogP contribution in [0.15, 0.2) is 53.7 Å². The number of carbonyl (C=O) groups is 5. The fraction of sp³-hybridized carbons (Fsp3) is 0.526. The molecule has 2 fully saturated rings. The summed E-state index contributed by atoms with van der Waals surface area (Å²) in [6.07, 6.45) is 3.12. The third-order valence-electron chi connectivity index (χ3n) is 9.75. The Morgan fingerprint density at radius 2 is 1.82 bits per heavy atom. The molecule has 0 aromatic heterocycles. The monoisotopic (exact) mass is 690 g/mol. The standard InChI is InChI=1S/C38H47ClN4O6/c1-6-10-30(33(45)35(47)40-27-15-16-27)41-34(46)32-21-38(20-31(42-49-38)25-13-9-14-26(39)17-25)22-43(32)36(48)29(37(3,4)5)19-28(44)18-24-12-8-7-11-23(24)2/h7-9,11-14,17,27,29-30,32H,6,10,15-16,18-22H2,1-5H3,(H,40,47)(H,41,46)/t29-,30+,32?,38-/m1/s1. The molecule has 1 unspecified atom stereocenters. The van der Waals surface area contributed by atoms with E-state index in [1.165, 1.54) is 4.90 Å². The number of rotatable bonds is 13. The lowest BCUT2D eigenvalue weighted by molar-refractivity contribution is -0.147. The Hall–Kier alpha value is -4.05. The number of ketones is 2. The first-order valence-corrected chi connectivity index (χ1v) is 17.6. The lowest BCUT2D eigenvalue weighted by Gasteiger charge is -2.35. The van der Waals surface area contributed by atoms with Crippen LogP contribution in [0.25, 0.3) is 0 Å². The number of amides is 3. The third kappa shape index (κ3) is 8.76. The Morgan fingerprint density at radius 1 is 1.08 bits per heavy atom. The number of hydrogen-bond acceptors (Lipinski definition) is 7. The molecule has 49 heavy (non-hydrogen) atoms. The topological polar surface area (TPSA) is 134 Å². The van der Waals surface area contributed by atoms with Gasteiger partial charge in [-0.15, -0.1) is 0 Å². The van der Waals surface area contributed by atoms with Crippen LogP contribution in [0.1, 0.15) is 89.3 Å². The van der Waals surface area contributed by atoms with Crippen molar-refractivity contribution >= 4 is 46.6 Å². The average Bonchev–Trinajstić information content (AvgIpc) is 3.64. The number of nitrogens with one attached hydrogen (secondary N) is 2. The van der Waals surface area contributed by atoms with Gasteiger partial charge in [0.05, 0.1) is 18.3 Å². The Kier molecular flexibility index (Phi) is 11.0. The maximum Gasteiger partial charge on any atom is 0.289 e. The number of hydrogen-bond donors (Lipinski definition) is 2. The van der Waals surface area contributed by atoms with Crippen molar-refractivity contribution in [1.82, 2.24) is 15.5 Å². The molecule has 2 aliphatic heterocycles. The molecule has 4 atom stereocenters. The fourth-order valence-electron chi connectivity index (χ4n) is 6.70.